The number of aromatic nitrogens is 1. The van der Waals surface area contributed by atoms with Crippen LogP contribution < -0.4 is 4.90 Å². The summed E-state index contributed by atoms with van der Waals surface area (Å²) in [7, 11) is 0. The third-order valence-corrected chi connectivity index (χ3v) is 16.3. The molecule has 73 heavy (non-hydrogen) atoms. The third-order valence-electron chi connectivity index (χ3n) is 16.3. The van der Waals surface area contributed by atoms with Crippen molar-refractivity contribution in [2.24, 2.45) is 0 Å². The lowest BCUT2D eigenvalue weighted by Gasteiger charge is -2.33. The number of rotatable bonds is 5. The van der Waals surface area contributed by atoms with E-state index in [4.69, 9.17) is 0 Å². The van der Waals surface area contributed by atoms with Crippen LogP contribution in [0.25, 0.3) is 104 Å². The first-order chi connectivity index (χ1) is 36.2. The van der Waals surface area contributed by atoms with Gasteiger partial charge in [0.05, 0.1) is 22.1 Å². The SMILES string of the molecule is c1ccc(-c2cc3c(cc2N(c2ccc4c5ccccc5c5ccccc5c4c2)c2ccc4ccc5c(c4c2)c2ccccc2n5-c2ccccc2)C2(c4ccccc4-c4ccccc42)c2ccccc2-3)cc1. The summed E-state index contributed by atoms with van der Waals surface area (Å²) in [5.74, 6) is 0. The van der Waals surface area contributed by atoms with Crippen LogP contribution >= 0.6 is 0 Å². The number of benzene rings is 13. The van der Waals surface area contributed by atoms with E-state index in [-0.39, 0.29) is 0 Å². The van der Waals surface area contributed by atoms with Gasteiger partial charge in [-0.3, -0.25) is 0 Å². The molecule has 0 N–H and O–H groups in total. The van der Waals surface area contributed by atoms with Gasteiger partial charge < -0.3 is 9.47 Å². The predicted molar refractivity (Wildman–Crippen MR) is 307 cm³/mol. The number of anilines is 3. The molecule has 0 bridgehead atoms. The lowest BCUT2D eigenvalue weighted by molar-refractivity contribution is 0.794. The highest BCUT2D eigenvalue weighted by atomic mass is 15.1. The van der Waals surface area contributed by atoms with Gasteiger partial charge in [-0.2, -0.15) is 0 Å². The number of para-hydroxylation sites is 2. The van der Waals surface area contributed by atoms with Gasteiger partial charge >= 0.3 is 0 Å². The molecule has 0 radical (unpaired) electrons. The molecule has 338 valence electrons. The average Bonchev–Trinajstić information content (AvgIpc) is 4.08. The molecule has 0 atom stereocenters. The van der Waals surface area contributed by atoms with Gasteiger partial charge in [0.25, 0.3) is 0 Å². The number of hydrogen-bond donors (Lipinski definition) is 0. The van der Waals surface area contributed by atoms with Gasteiger partial charge in [-0.05, 0) is 154 Å². The predicted octanol–water partition coefficient (Wildman–Crippen LogP) is 18.9. The smallest absolute Gasteiger partial charge is 0.0726 e. The van der Waals surface area contributed by atoms with Crippen LogP contribution in [0.4, 0.5) is 17.1 Å². The van der Waals surface area contributed by atoms with Gasteiger partial charge in [-0.1, -0.05) is 206 Å². The second kappa shape index (κ2) is 15.3. The van der Waals surface area contributed by atoms with Crippen LogP contribution in [0, 0.1) is 0 Å². The molecule has 2 heteroatoms. The first-order valence-corrected chi connectivity index (χ1v) is 25.4. The number of nitrogens with zero attached hydrogens (tertiary/aromatic N) is 2. The van der Waals surface area contributed by atoms with Crippen LogP contribution in [0.15, 0.2) is 267 Å². The van der Waals surface area contributed by atoms with E-state index in [2.05, 4.69) is 276 Å². The van der Waals surface area contributed by atoms with Crippen molar-refractivity contribution in [2.45, 2.75) is 5.41 Å². The highest BCUT2D eigenvalue weighted by Crippen LogP contribution is 2.64. The summed E-state index contributed by atoms with van der Waals surface area (Å²) in [5.41, 5.74) is 19.1. The van der Waals surface area contributed by atoms with Crippen molar-refractivity contribution in [1.29, 1.82) is 0 Å². The topological polar surface area (TPSA) is 8.17 Å². The van der Waals surface area contributed by atoms with Gasteiger partial charge in [-0.25, -0.2) is 0 Å². The average molecular weight is 925 g/mol. The molecule has 1 spiro atoms. The molecule has 1 heterocycles. The first kappa shape index (κ1) is 40.3. The lowest BCUT2D eigenvalue weighted by atomic mass is 9.70. The Hall–Kier alpha value is -9.50. The highest BCUT2D eigenvalue weighted by Gasteiger charge is 2.52. The minimum absolute atomic E-state index is 0.526. The largest absolute Gasteiger partial charge is 0.310 e. The zero-order valence-electron chi connectivity index (χ0n) is 39.8. The van der Waals surface area contributed by atoms with E-state index >= 15 is 0 Å². The monoisotopic (exact) mass is 924 g/mol. The van der Waals surface area contributed by atoms with Crippen LogP contribution in [-0.2, 0) is 5.41 Å². The maximum atomic E-state index is 2.57. The summed E-state index contributed by atoms with van der Waals surface area (Å²) in [6.45, 7) is 0. The van der Waals surface area contributed by atoms with Crippen LogP contribution in [0.3, 0.4) is 0 Å². The molecule has 14 aromatic rings. The maximum absolute atomic E-state index is 2.57. The Morgan fingerprint density at radius 3 is 1.41 bits per heavy atom. The normalized spacial score (nSPS) is 13.0. The zero-order chi connectivity index (χ0) is 47.8. The molecule has 2 aliphatic carbocycles. The Morgan fingerprint density at radius 1 is 0.288 bits per heavy atom. The Bertz CT molecular complexity index is 4540. The highest BCUT2D eigenvalue weighted by molar-refractivity contribution is 6.26. The standard InChI is InChI=1S/C71H44N2/c1-3-19-45(20-4-1)59-43-62-57-29-13-17-33-65(57)71(63-31-15-11-27-55(63)56-28-12-16-32-64(56)71)66(62)44-69(59)72(49-38-39-54-52-25-8-7-23-50(52)51-24-9-10-26-53(51)61(54)42-49)48-37-35-46-36-40-68-70(60(46)41-48)58-30-14-18-34-67(58)73(68)47-21-5-2-6-22-47/h1-44H. The molecule has 2 aliphatic rings. The molecule has 2 nitrogen and oxygen atoms in total. The molecular weight excluding hydrogens is 881 g/mol. The van der Waals surface area contributed by atoms with Crippen molar-refractivity contribution in [2.75, 3.05) is 4.90 Å². The fraction of sp³-hybridized carbons (Fsp3) is 0.0141. The van der Waals surface area contributed by atoms with Crippen LogP contribution in [0.5, 0.6) is 0 Å². The minimum Gasteiger partial charge on any atom is -0.310 e. The summed E-state index contributed by atoms with van der Waals surface area (Å²) in [4.78, 5) is 2.57. The van der Waals surface area contributed by atoms with Gasteiger partial charge in [0.1, 0.15) is 0 Å². The quantitative estimate of drug-likeness (QED) is 0.156. The Morgan fingerprint density at radius 2 is 0.767 bits per heavy atom. The maximum Gasteiger partial charge on any atom is 0.0726 e. The number of hydrogen-bond acceptors (Lipinski definition) is 1. The minimum atomic E-state index is -0.526. The Labute approximate surface area is 422 Å². The lowest BCUT2D eigenvalue weighted by Crippen LogP contribution is -2.26. The summed E-state index contributed by atoms with van der Waals surface area (Å²) >= 11 is 0. The Balaban J connectivity index is 1.05. The van der Waals surface area contributed by atoms with E-state index in [0.717, 1.165) is 22.7 Å². The summed E-state index contributed by atoms with van der Waals surface area (Å²) in [6.07, 6.45) is 0. The molecule has 0 aliphatic heterocycles. The van der Waals surface area contributed by atoms with Crippen LogP contribution in [0.2, 0.25) is 0 Å². The van der Waals surface area contributed by atoms with Gasteiger partial charge in [0, 0.05) is 33.4 Å². The molecule has 16 rings (SSSR count). The van der Waals surface area contributed by atoms with Crippen molar-refractivity contribution in [3.05, 3.63) is 289 Å². The summed E-state index contributed by atoms with van der Waals surface area (Å²) in [6, 6.07) is 100. The molecule has 1 aromatic heterocycles. The van der Waals surface area contributed by atoms with Crippen molar-refractivity contribution in [3.8, 4) is 39.1 Å². The van der Waals surface area contributed by atoms with Crippen molar-refractivity contribution >= 4 is 82.0 Å². The van der Waals surface area contributed by atoms with E-state index in [1.165, 1.54) is 121 Å². The Kier molecular flexibility index (Phi) is 8.41. The van der Waals surface area contributed by atoms with E-state index in [9.17, 15) is 0 Å². The van der Waals surface area contributed by atoms with E-state index in [1.807, 2.05) is 0 Å². The fourth-order valence-electron chi connectivity index (χ4n) is 13.4. The molecule has 0 unspecified atom stereocenters. The summed E-state index contributed by atoms with van der Waals surface area (Å²) < 4.78 is 2.43. The van der Waals surface area contributed by atoms with Crippen LogP contribution in [0.1, 0.15) is 22.3 Å². The fourth-order valence-corrected chi connectivity index (χ4v) is 13.4. The molecule has 0 saturated heterocycles. The van der Waals surface area contributed by atoms with Crippen molar-refractivity contribution in [3.63, 3.8) is 0 Å². The van der Waals surface area contributed by atoms with E-state index < -0.39 is 5.41 Å². The van der Waals surface area contributed by atoms with Crippen molar-refractivity contribution in [1.82, 2.24) is 4.57 Å². The molecule has 0 fully saturated rings. The molecule has 0 saturated carbocycles. The van der Waals surface area contributed by atoms with E-state index in [1.54, 1.807) is 0 Å². The molecule has 0 amide bonds. The number of fused-ring (bicyclic) bond motifs is 21. The second-order valence-electron chi connectivity index (χ2n) is 19.9. The second-order valence-corrected chi connectivity index (χ2v) is 19.9. The van der Waals surface area contributed by atoms with Gasteiger partial charge in [0.2, 0.25) is 0 Å². The molecular formula is C71H44N2. The van der Waals surface area contributed by atoms with Crippen LogP contribution in [-0.4, -0.2) is 4.57 Å². The zero-order valence-corrected chi connectivity index (χ0v) is 39.8. The van der Waals surface area contributed by atoms with Crippen molar-refractivity contribution < 1.29 is 0 Å². The third kappa shape index (κ3) is 5.52. The molecule has 13 aromatic carbocycles. The summed E-state index contributed by atoms with van der Waals surface area (Å²) in [5, 5.41) is 12.4. The first-order valence-electron chi connectivity index (χ1n) is 25.4. The van der Waals surface area contributed by atoms with Gasteiger partial charge in [-0.15, -0.1) is 0 Å². The van der Waals surface area contributed by atoms with Gasteiger partial charge in [0.15, 0.2) is 0 Å². The van der Waals surface area contributed by atoms with E-state index in [0.29, 0.717) is 0 Å².